The van der Waals surface area contributed by atoms with Crippen LogP contribution in [0.2, 0.25) is 0 Å². The maximum absolute atomic E-state index is 12.2. The maximum atomic E-state index is 12.2. The van der Waals surface area contributed by atoms with E-state index in [1.165, 1.54) is 70.6 Å². The van der Waals surface area contributed by atoms with Crippen molar-refractivity contribution in [1.29, 1.82) is 0 Å². The molecule has 2 fully saturated rings. The van der Waals surface area contributed by atoms with Gasteiger partial charge in [0.2, 0.25) is 5.79 Å². The molecule has 0 spiro atoms. The van der Waals surface area contributed by atoms with Crippen LogP contribution in [-0.2, 0) is 23.7 Å². The highest BCUT2D eigenvalue weighted by Gasteiger charge is 2.58. The van der Waals surface area contributed by atoms with Crippen LogP contribution in [0.5, 0.6) is 0 Å². The van der Waals surface area contributed by atoms with Gasteiger partial charge in [-0.2, -0.15) is 0 Å². The smallest absolute Gasteiger partial charge is 0.316 e. The summed E-state index contributed by atoms with van der Waals surface area (Å²) in [6.45, 7) is 0.146. The van der Waals surface area contributed by atoms with E-state index < -0.39 is 80.6 Å². The molecule has 0 aromatic heterocycles. The number of ether oxygens (including phenoxy) is 4. The van der Waals surface area contributed by atoms with Crippen LogP contribution in [0.1, 0.15) is 110 Å². The standard InChI is InChI=1S/C30H56O12.Mg.2H/c1-2-3-4-5-6-7-8-9-10-11-12-13-14-15-16-17-23(33)39-19-22-24(34)26(36)27(37)29(40-22)42-30(20-32)28(38)25(35)21(18-31)41-30;;;/h21-22,24-29,31-32,34-38H,2-20H2,1H3;;;/t21-,22-,24-,25-,26+,27-,28+,29-,30+;;;/m1.../s1. The van der Waals surface area contributed by atoms with Gasteiger partial charge in [0.05, 0.1) is 6.61 Å². The number of hydrogen-bond donors (Lipinski definition) is 7. The molecule has 0 amide bonds. The predicted molar refractivity (Wildman–Crippen MR) is 161 cm³/mol. The van der Waals surface area contributed by atoms with E-state index in [2.05, 4.69) is 6.92 Å². The van der Waals surface area contributed by atoms with Gasteiger partial charge in [-0.3, -0.25) is 4.79 Å². The van der Waals surface area contributed by atoms with E-state index in [0.717, 1.165) is 19.3 Å². The second kappa shape index (κ2) is 22.4. The van der Waals surface area contributed by atoms with E-state index in [1.807, 2.05) is 0 Å². The summed E-state index contributed by atoms with van der Waals surface area (Å²) in [7, 11) is 0. The van der Waals surface area contributed by atoms with Crippen molar-refractivity contribution in [3.05, 3.63) is 0 Å². The second-order valence-corrected chi connectivity index (χ2v) is 11.8. The molecule has 9 atom stereocenters. The summed E-state index contributed by atoms with van der Waals surface area (Å²) in [6, 6.07) is 0. The molecule has 13 heteroatoms. The van der Waals surface area contributed by atoms with E-state index in [4.69, 9.17) is 18.9 Å². The Morgan fingerprint density at radius 3 is 1.67 bits per heavy atom. The van der Waals surface area contributed by atoms with Gasteiger partial charge < -0.3 is 54.7 Å². The molecule has 2 aliphatic rings. The lowest BCUT2D eigenvalue weighted by atomic mass is 9.99. The third-order valence-corrected chi connectivity index (χ3v) is 8.28. The highest BCUT2D eigenvalue weighted by molar-refractivity contribution is 5.75. The summed E-state index contributed by atoms with van der Waals surface area (Å²) in [5.41, 5.74) is 0. The van der Waals surface area contributed by atoms with Crippen molar-refractivity contribution in [1.82, 2.24) is 0 Å². The number of aliphatic hydroxyl groups excluding tert-OH is 7. The molecule has 252 valence electrons. The van der Waals surface area contributed by atoms with Gasteiger partial charge in [-0.1, -0.05) is 96.8 Å². The van der Waals surface area contributed by atoms with E-state index in [1.54, 1.807) is 0 Å². The van der Waals surface area contributed by atoms with Crippen LogP contribution in [-0.4, -0.2) is 139 Å². The van der Waals surface area contributed by atoms with E-state index in [-0.39, 0.29) is 29.5 Å². The SMILES string of the molecule is CCCCCCCCCCCCCCCCCC(=O)OC[C@H]1O[C@H](O[C@]2(CO)O[C@H](CO)[C@@H](O)[C@@H]2O)[C@H](O)[C@@H](O)[C@@H]1O.[MgH2]. The summed E-state index contributed by atoms with van der Waals surface area (Å²) in [4.78, 5) is 12.2. The van der Waals surface area contributed by atoms with Crippen LogP contribution in [0, 0.1) is 0 Å². The van der Waals surface area contributed by atoms with Crippen molar-refractivity contribution < 1.29 is 59.5 Å². The first-order valence-electron chi connectivity index (χ1n) is 16.0. The topological polar surface area (TPSA) is 196 Å². The predicted octanol–water partition coefficient (Wildman–Crippen LogP) is 0.501. The Kier molecular flexibility index (Phi) is 21.3. The molecular formula is C30H58MgO12. The first-order valence-corrected chi connectivity index (χ1v) is 16.0. The van der Waals surface area contributed by atoms with Gasteiger partial charge in [-0.05, 0) is 6.42 Å². The summed E-state index contributed by atoms with van der Waals surface area (Å²) < 4.78 is 21.5. The Morgan fingerprint density at radius 1 is 0.698 bits per heavy atom. The number of carbonyl (C=O) groups is 1. The molecule has 2 saturated heterocycles. The highest BCUT2D eigenvalue weighted by atomic mass is 24.3. The fraction of sp³-hybridized carbons (Fsp3) is 0.967. The average Bonchev–Trinajstić information content (AvgIpc) is 3.23. The zero-order valence-corrected chi connectivity index (χ0v) is 25.2. The summed E-state index contributed by atoms with van der Waals surface area (Å²) in [6.07, 6.45) is 5.52. The molecule has 12 nitrogen and oxygen atoms in total. The molecule has 2 rings (SSSR count). The lowest BCUT2D eigenvalue weighted by Crippen LogP contribution is -2.62. The lowest BCUT2D eigenvalue weighted by molar-refractivity contribution is -0.383. The number of carbonyl (C=O) groups excluding carboxylic acids is 1. The minimum absolute atomic E-state index is 0. The Labute approximate surface area is 272 Å². The first kappa shape index (κ1) is 40.9. The van der Waals surface area contributed by atoms with Crippen molar-refractivity contribution in [2.45, 2.75) is 164 Å². The second-order valence-electron chi connectivity index (χ2n) is 11.8. The highest BCUT2D eigenvalue weighted by Crippen LogP contribution is 2.36. The molecule has 0 bridgehead atoms. The minimum atomic E-state index is -2.27. The van der Waals surface area contributed by atoms with Crippen LogP contribution in [0.3, 0.4) is 0 Å². The van der Waals surface area contributed by atoms with Crippen molar-refractivity contribution in [2.75, 3.05) is 19.8 Å². The summed E-state index contributed by atoms with van der Waals surface area (Å²) >= 11 is 0. The Bertz CT molecular complexity index is 733. The van der Waals surface area contributed by atoms with Gasteiger partial charge in [-0.15, -0.1) is 0 Å². The molecule has 0 unspecified atom stereocenters. The molecule has 0 aliphatic carbocycles. The fourth-order valence-electron chi connectivity index (χ4n) is 5.51. The summed E-state index contributed by atoms with van der Waals surface area (Å²) in [5.74, 6) is -2.76. The molecular weight excluding hydrogens is 577 g/mol. The maximum Gasteiger partial charge on any atom is 0.316 e. The molecule has 2 heterocycles. The average molecular weight is 635 g/mol. The van der Waals surface area contributed by atoms with Gasteiger partial charge in [-0.25, -0.2) is 0 Å². The number of rotatable bonds is 22. The zero-order valence-electron chi connectivity index (χ0n) is 25.2. The third-order valence-electron chi connectivity index (χ3n) is 8.28. The lowest BCUT2D eigenvalue weighted by Gasteiger charge is -2.43. The molecule has 0 saturated carbocycles. The van der Waals surface area contributed by atoms with Crippen molar-refractivity contribution in [3.8, 4) is 0 Å². The largest absolute Gasteiger partial charge is 0.463 e. The van der Waals surface area contributed by atoms with E-state index in [9.17, 15) is 40.5 Å². The van der Waals surface area contributed by atoms with E-state index >= 15 is 0 Å². The Hall–Kier alpha value is -0.164. The van der Waals surface area contributed by atoms with Crippen LogP contribution < -0.4 is 0 Å². The van der Waals surface area contributed by atoms with Crippen molar-refractivity contribution in [3.63, 3.8) is 0 Å². The number of hydrogen-bond acceptors (Lipinski definition) is 12. The summed E-state index contributed by atoms with van der Waals surface area (Å²) in [5, 5.41) is 70.5. The number of esters is 1. The van der Waals surface area contributed by atoms with Gasteiger partial charge in [0.1, 0.15) is 55.9 Å². The minimum Gasteiger partial charge on any atom is -0.463 e. The third kappa shape index (κ3) is 13.2. The molecule has 0 radical (unpaired) electrons. The van der Waals surface area contributed by atoms with Gasteiger partial charge in [0.15, 0.2) is 6.29 Å². The van der Waals surface area contributed by atoms with Gasteiger partial charge in [0, 0.05) is 6.42 Å². The van der Waals surface area contributed by atoms with Crippen molar-refractivity contribution in [2.24, 2.45) is 0 Å². The Balaban J connectivity index is 0.00000924. The fourth-order valence-corrected chi connectivity index (χ4v) is 5.51. The Morgan fingerprint density at radius 2 is 1.21 bits per heavy atom. The van der Waals surface area contributed by atoms with Crippen LogP contribution in [0.15, 0.2) is 0 Å². The monoisotopic (exact) mass is 634 g/mol. The van der Waals surface area contributed by atoms with E-state index in [0.29, 0.717) is 6.42 Å². The molecule has 0 aromatic rings. The number of unbranched alkanes of at least 4 members (excludes halogenated alkanes) is 14. The van der Waals surface area contributed by atoms with Crippen LogP contribution >= 0.6 is 0 Å². The van der Waals surface area contributed by atoms with Gasteiger partial charge in [0.25, 0.3) is 0 Å². The van der Waals surface area contributed by atoms with Gasteiger partial charge >= 0.3 is 29.0 Å². The van der Waals surface area contributed by atoms with Crippen molar-refractivity contribution >= 4 is 29.0 Å². The zero-order chi connectivity index (χ0) is 31.0. The van der Waals surface area contributed by atoms with Crippen LogP contribution in [0.25, 0.3) is 0 Å². The molecule has 43 heavy (non-hydrogen) atoms. The normalized spacial score (nSPS) is 32.5. The van der Waals surface area contributed by atoms with Crippen LogP contribution in [0.4, 0.5) is 0 Å². The number of aliphatic hydroxyl groups is 7. The molecule has 0 aromatic carbocycles. The molecule has 2 aliphatic heterocycles. The first-order chi connectivity index (χ1) is 20.2. The quantitative estimate of drug-likeness (QED) is 0.0496. The molecule has 7 N–H and O–H groups in total.